The van der Waals surface area contributed by atoms with Crippen LogP contribution in [-0.2, 0) is 11.3 Å². The van der Waals surface area contributed by atoms with Gasteiger partial charge in [0.05, 0.1) is 6.04 Å². The Morgan fingerprint density at radius 2 is 2.25 bits per heavy atom. The minimum absolute atomic E-state index is 0.118. The SMILES string of the molecule is CNC(=O)C(C)NCc1cc(F)ccc1Cl. The topological polar surface area (TPSA) is 41.1 Å². The molecule has 0 aromatic heterocycles. The highest BCUT2D eigenvalue weighted by Crippen LogP contribution is 2.16. The van der Waals surface area contributed by atoms with Crippen molar-refractivity contribution in [1.82, 2.24) is 10.6 Å². The summed E-state index contributed by atoms with van der Waals surface area (Å²) in [7, 11) is 1.57. The van der Waals surface area contributed by atoms with Crippen LogP contribution in [-0.4, -0.2) is 19.0 Å². The van der Waals surface area contributed by atoms with Gasteiger partial charge in [-0.15, -0.1) is 0 Å². The van der Waals surface area contributed by atoms with Crippen LogP contribution in [0.1, 0.15) is 12.5 Å². The Kier molecular flexibility index (Phi) is 4.71. The van der Waals surface area contributed by atoms with E-state index >= 15 is 0 Å². The van der Waals surface area contributed by atoms with Gasteiger partial charge in [0.25, 0.3) is 0 Å². The van der Waals surface area contributed by atoms with Crippen LogP contribution >= 0.6 is 11.6 Å². The van der Waals surface area contributed by atoms with E-state index in [0.29, 0.717) is 17.1 Å². The normalized spacial score (nSPS) is 12.2. The Morgan fingerprint density at radius 3 is 2.88 bits per heavy atom. The highest BCUT2D eigenvalue weighted by Gasteiger charge is 2.10. The number of rotatable bonds is 4. The number of benzene rings is 1. The molecule has 0 spiro atoms. The van der Waals surface area contributed by atoms with E-state index in [1.54, 1.807) is 14.0 Å². The van der Waals surface area contributed by atoms with Crippen molar-refractivity contribution in [2.45, 2.75) is 19.5 Å². The Bertz CT molecular complexity index is 384. The predicted molar refractivity (Wildman–Crippen MR) is 61.8 cm³/mol. The van der Waals surface area contributed by atoms with Gasteiger partial charge in [-0.1, -0.05) is 11.6 Å². The van der Waals surface area contributed by atoms with E-state index in [2.05, 4.69) is 10.6 Å². The summed E-state index contributed by atoms with van der Waals surface area (Å²) in [5.74, 6) is -0.457. The highest BCUT2D eigenvalue weighted by atomic mass is 35.5. The van der Waals surface area contributed by atoms with Gasteiger partial charge in [0.2, 0.25) is 5.91 Å². The number of halogens is 2. The molecule has 0 fully saturated rings. The number of amides is 1. The number of hydrogen-bond donors (Lipinski definition) is 2. The summed E-state index contributed by atoms with van der Waals surface area (Å²) in [5.41, 5.74) is 0.636. The van der Waals surface area contributed by atoms with Gasteiger partial charge in [-0.3, -0.25) is 4.79 Å². The number of carbonyl (C=O) groups is 1. The lowest BCUT2D eigenvalue weighted by Crippen LogP contribution is -2.40. The van der Waals surface area contributed by atoms with E-state index in [-0.39, 0.29) is 17.8 Å². The fourth-order valence-corrected chi connectivity index (χ4v) is 1.44. The maximum Gasteiger partial charge on any atom is 0.236 e. The van der Waals surface area contributed by atoms with Gasteiger partial charge in [0.15, 0.2) is 0 Å². The zero-order chi connectivity index (χ0) is 12.1. The molecule has 1 rings (SSSR count). The minimum Gasteiger partial charge on any atom is -0.358 e. The number of hydrogen-bond acceptors (Lipinski definition) is 2. The predicted octanol–water partition coefficient (Wildman–Crippen LogP) is 1.70. The highest BCUT2D eigenvalue weighted by molar-refractivity contribution is 6.31. The maximum atomic E-state index is 12.9. The molecule has 0 saturated heterocycles. The van der Waals surface area contributed by atoms with Crippen LogP contribution in [0.3, 0.4) is 0 Å². The van der Waals surface area contributed by atoms with Gasteiger partial charge in [-0.05, 0) is 30.7 Å². The molecule has 3 nitrogen and oxygen atoms in total. The number of carbonyl (C=O) groups excluding carboxylic acids is 1. The van der Waals surface area contributed by atoms with Crippen molar-refractivity contribution in [2.24, 2.45) is 0 Å². The standard InChI is InChI=1S/C11H14ClFN2O/c1-7(11(16)14-2)15-6-8-5-9(13)3-4-10(8)12/h3-5,7,15H,6H2,1-2H3,(H,14,16). The molecule has 0 aliphatic rings. The first-order valence-corrected chi connectivity index (χ1v) is 5.31. The van der Waals surface area contributed by atoms with Crippen LogP contribution in [0.2, 0.25) is 5.02 Å². The summed E-state index contributed by atoms with van der Waals surface area (Å²) in [6, 6.07) is 3.81. The second kappa shape index (κ2) is 5.82. The molecule has 2 N–H and O–H groups in total. The summed E-state index contributed by atoms with van der Waals surface area (Å²) in [6.45, 7) is 2.08. The van der Waals surface area contributed by atoms with E-state index in [0.717, 1.165) is 0 Å². The minimum atomic E-state index is -0.343. The summed E-state index contributed by atoms with van der Waals surface area (Å²) >= 11 is 5.89. The summed E-state index contributed by atoms with van der Waals surface area (Å²) in [6.07, 6.45) is 0. The van der Waals surface area contributed by atoms with Crippen molar-refractivity contribution >= 4 is 17.5 Å². The number of nitrogens with one attached hydrogen (secondary N) is 2. The first-order valence-electron chi connectivity index (χ1n) is 4.93. The van der Waals surface area contributed by atoms with Crippen LogP contribution in [0.4, 0.5) is 4.39 Å². The third-order valence-electron chi connectivity index (χ3n) is 2.25. The molecule has 1 atom stereocenters. The second-order valence-electron chi connectivity index (χ2n) is 3.45. The van der Waals surface area contributed by atoms with Crippen molar-refractivity contribution in [1.29, 1.82) is 0 Å². The smallest absolute Gasteiger partial charge is 0.236 e. The zero-order valence-corrected chi connectivity index (χ0v) is 9.94. The van der Waals surface area contributed by atoms with Gasteiger partial charge in [0.1, 0.15) is 5.82 Å². The molecular formula is C11H14ClFN2O. The summed E-state index contributed by atoms with van der Waals surface area (Å²) < 4.78 is 12.9. The fraction of sp³-hybridized carbons (Fsp3) is 0.364. The van der Waals surface area contributed by atoms with E-state index in [4.69, 9.17) is 11.6 Å². The van der Waals surface area contributed by atoms with Crippen LogP contribution in [0, 0.1) is 5.82 Å². The molecule has 1 unspecified atom stereocenters. The van der Waals surface area contributed by atoms with Crippen molar-refractivity contribution in [3.8, 4) is 0 Å². The molecular weight excluding hydrogens is 231 g/mol. The van der Waals surface area contributed by atoms with Gasteiger partial charge >= 0.3 is 0 Å². The lowest BCUT2D eigenvalue weighted by Gasteiger charge is -2.12. The van der Waals surface area contributed by atoms with Crippen molar-refractivity contribution in [3.63, 3.8) is 0 Å². The molecule has 1 aromatic carbocycles. The van der Waals surface area contributed by atoms with Crippen LogP contribution in [0.25, 0.3) is 0 Å². The van der Waals surface area contributed by atoms with Gasteiger partial charge in [0, 0.05) is 18.6 Å². The summed E-state index contributed by atoms with van der Waals surface area (Å²) in [5, 5.41) is 5.96. The van der Waals surface area contributed by atoms with Crippen molar-refractivity contribution in [3.05, 3.63) is 34.6 Å². The first kappa shape index (κ1) is 12.9. The fourth-order valence-electron chi connectivity index (χ4n) is 1.25. The monoisotopic (exact) mass is 244 g/mol. The van der Waals surface area contributed by atoms with Gasteiger partial charge in [-0.25, -0.2) is 4.39 Å². The van der Waals surface area contributed by atoms with Crippen molar-refractivity contribution < 1.29 is 9.18 Å². The molecule has 1 amide bonds. The molecule has 0 radical (unpaired) electrons. The quantitative estimate of drug-likeness (QED) is 0.847. The number of likely N-dealkylation sites (N-methyl/N-ethyl adjacent to an activating group) is 1. The molecule has 0 aliphatic carbocycles. The van der Waals surface area contributed by atoms with E-state index in [9.17, 15) is 9.18 Å². The van der Waals surface area contributed by atoms with E-state index in [1.165, 1.54) is 18.2 Å². The zero-order valence-electron chi connectivity index (χ0n) is 9.18. The molecule has 1 aromatic rings. The molecule has 0 saturated carbocycles. The van der Waals surface area contributed by atoms with Gasteiger partial charge < -0.3 is 10.6 Å². The molecule has 5 heteroatoms. The average molecular weight is 245 g/mol. The third-order valence-corrected chi connectivity index (χ3v) is 2.61. The van der Waals surface area contributed by atoms with Crippen LogP contribution in [0.5, 0.6) is 0 Å². The molecule has 0 bridgehead atoms. The lowest BCUT2D eigenvalue weighted by atomic mass is 10.2. The molecule has 88 valence electrons. The molecule has 0 heterocycles. The van der Waals surface area contributed by atoms with Gasteiger partial charge in [-0.2, -0.15) is 0 Å². The largest absolute Gasteiger partial charge is 0.358 e. The molecule has 0 aliphatic heterocycles. The Balaban J connectivity index is 2.60. The van der Waals surface area contributed by atoms with Crippen molar-refractivity contribution in [2.75, 3.05) is 7.05 Å². The average Bonchev–Trinajstić information content (AvgIpc) is 2.28. The van der Waals surface area contributed by atoms with E-state index in [1.807, 2.05) is 0 Å². The second-order valence-corrected chi connectivity index (χ2v) is 3.86. The van der Waals surface area contributed by atoms with Crippen LogP contribution < -0.4 is 10.6 Å². The Morgan fingerprint density at radius 1 is 1.56 bits per heavy atom. The molecule has 16 heavy (non-hydrogen) atoms. The Hall–Kier alpha value is -1.13. The van der Waals surface area contributed by atoms with Crippen LogP contribution in [0.15, 0.2) is 18.2 Å². The Labute approximate surface area is 99.0 Å². The third kappa shape index (κ3) is 3.47. The maximum absolute atomic E-state index is 12.9. The lowest BCUT2D eigenvalue weighted by molar-refractivity contribution is -0.122. The first-order chi connectivity index (χ1) is 7.54. The van der Waals surface area contributed by atoms with E-state index < -0.39 is 0 Å². The summed E-state index contributed by atoms with van der Waals surface area (Å²) in [4.78, 5) is 11.2.